The molecule has 5 aromatic heterocycles. The van der Waals surface area contributed by atoms with Crippen molar-refractivity contribution in [2.75, 3.05) is 31.6 Å². The molecule has 7 aromatic rings. The normalized spacial score (nSPS) is 14.8. The molecule has 26 nitrogen and oxygen atoms in total. The fourth-order valence-electron chi connectivity index (χ4n) is 9.95. The van der Waals surface area contributed by atoms with Gasteiger partial charge >= 0.3 is 18.0 Å². The molecule has 8 N–H and O–H groups in total. The van der Waals surface area contributed by atoms with E-state index in [1.165, 1.54) is 17.1 Å². The number of imidazole rings is 1. The number of hydrazine groups is 1. The number of hydrogen-bond acceptors (Lipinski definition) is 17. The molecular formula is C57H71N15O11. The molecule has 6 heterocycles. The van der Waals surface area contributed by atoms with E-state index in [1.807, 2.05) is 64.3 Å². The van der Waals surface area contributed by atoms with Crippen molar-refractivity contribution in [3.8, 4) is 23.0 Å². The van der Waals surface area contributed by atoms with Gasteiger partial charge in [-0.25, -0.2) is 30.0 Å². The highest BCUT2D eigenvalue weighted by Gasteiger charge is 2.42. The molecule has 0 aliphatic carbocycles. The predicted octanol–water partition coefficient (Wildman–Crippen LogP) is 6.31. The molecule has 2 atom stereocenters. The van der Waals surface area contributed by atoms with Gasteiger partial charge in [-0.15, -0.1) is 0 Å². The molecule has 1 aliphatic rings. The first-order valence-electron chi connectivity index (χ1n) is 27.4. The lowest BCUT2D eigenvalue weighted by atomic mass is 9.93. The summed E-state index contributed by atoms with van der Waals surface area (Å²) in [5.74, 6) is -2.60. The van der Waals surface area contributed by atoms with E-state index < -0.39 is 53.0 Å². The SMILES string of the molecule is CCC(Oc1cc(C(N)=O)cc2nc(NC(=O)c3cc(C)nn3CC)n(C/C=C/Cn3c4nc(-c5cc(C)nn5CC)ncc4c4cc(C(N)=O)cc(OCCCNC(=O)OCCC(=O)OC(C)(C)C)c43)c12)C1(C)C=C(C(=O)O)N(CC)N1. The number of aliphatic carboxylic acids is 1. The summed E-state index contributed by atoms with van der Waals surface area (Å²) in [6.07, 6.45) is 6.17. The van der Waals surface area contributed by atoms with E-state index in [9.17, 15) is 33.9 Å². The molecule has 0 saturated carbocycles. The number of hydrogen-bond donors (Lipinski definition) is 6. The van der Waals surface area contributed by atoms with Crippen molar-refractivity contribution >= 4 is 74.7 Å². The number of benzene rings is 2. The van der Waals surface area contributed by atoms with E-state index in [4.69, 9.17) is 45.4 Å². The van der Waals surface area contributed by atoms with Crippen LogP contribution in [0.15, 0.2) is 66.5 Å². The van der Waals surface area contributed by atoms with Gasteiger partial charge in [-0.3, -0.25) is 33.9 Å². The summed E-state index contributed by atoms with van der Waals surface area (Å²) in [6.45, 7) is 19.8. The summed E-state index contributed by atoms with van der Waals surface area (Å²) in [5, 5.41) is 27.5. The zero-order valence-electron chi connectivity index (χ0n) is 48.3. The molecule has 0 spiro atoms. The number of carbonyl (C=O) groups is 6. The zero-order valence-corrected chi connectivity index (χ0v) is 48.3. The molecule has 83 heavy (non-hydrogen) atoms. The highest BCUT2D eigenvalue weighted by molar-refractivity contribution is 6.12. The van der Waals surface area contributed by atoms with Gasteiger partial charge in [0.15, 0.2) is 5.82 Å². The lowest BCUT2D eigenvalue weighted by Gasteiger charge is -2.34. The number of likely N-dealkylation sites (N-methyl/N-ethyl adjacent to an activating group) is 1. The van der Waals surface area contributed by atoms with Gasteiger partial charge in [0.2, 0.25) is 17.8 Å². The Morgan fingerprint density at radius 1 is 0.819 bits per heavy atom. The third-order valence-electron chi connectivity index (χ3n) is 13.6. The zero-order chi connectivity index (χ0) is 60.1. The van der Waals surface area contributed by atoms with Gasteiger partial charge in [0.1, 0.15) is 58.1 Å². The highest BCUT2D eigenvalue weighted by Crippen LogP contribution is 2.38. The predicted molar refractivity (Wildman–Crippen MR) is 307 cm³/mol. The van der Waals surface area contributed by atoms with Gasteiger partial charge in [-0.1, -0.05) is 19.1 Å². The number of primary amides is 2. The number of fused-ring (bicyclic) bond motifs is 4. The number of esters is 1. The minimum Gasteiger partial charge on any atom is -0.491 e. The van der Waals surface area contributed by atoms with Crippen LogP contribution >= 0.6 is 0 Å². The number of rotatable bonds is 25. The fourth-order valence-corrected chi connectivity index (χ4v) is 9.95. The molecule has 440 valence electrons. The standard InChI is InChI=1S/C57H71N15O11/c1-11-44(57(10)30-41(53(77)78)72(14-4)67-57)82-43-29-35(49(59)75)27-38-47(43)69(54(62-38)64-52(76)40-25-33(6)66-71(40)13-3)21-16-15-20-68-46-36(37-31-61-50(63-51(37)68)39-24-32(5)65-70(39)12-2)26-34(48(58)74)28-42(46)80-22-17-19-60-55(79)81-23-18-45(73)83-56(7,8)9/h15-16,24-31,44,67H,11-14,17-23H2,1-10H3,(H2,58,74)(H2,59,75)(H,60,79)(H,77,78)(H,62,64,76)/b16-15+. The van der Waals surface area contributed by atoms with E-state index in [-0.39, 0.29) is 79.0 Å². The summed E-state index contributed by atoms with van der Waals surface area (Å²) >= 11 is 0. The number of carboxylic acid groups (broad SMARTS) is 1. The van der Waals surface area contributed by atoms with Crippen LogP contribution in [0.2, 0.25) is 0 Å². The van der Waals surface area contributed by atoms with Crippen molar-refractivity contribution in [1.29, 1.82) is 0 Å². The number of aromatic nitrogens is 9. The monoisotopic (exact) mass is 1140 g/mol. The fraction of sp³-hybridized carbons (Fsp3) is 0.421. The average molecular weight is 1140 g/mol. The molecule has 0 saturated heterocycles. The molecule has 0 radical (unpaired) electrons. The Bertz CT molecular complexity index is 3710. The quantitative estimate of drug-likeness (QED) is 0.0207. The van der Waals surface area contributed by atoms with Gasteiger partial charge in [-0.2, -0.15) is 10.2 Å². The van der Waals surface area contributed by atoms with E-state index in [1.54, 1.807) is 72.1 Å². The van der Waals surface area contributed by atoms with Gasteiger partial charge in [-0.05, 0) is 118 Å². The highest BCUT2D eigenvalue weighted by atomic mass is 16.6. The summed E-state index contributed by atoms with van der Waals surface area (Å²) in [5.41, 5.74) is 17.8. The van der Waals surface area contributed by atoms with Gasteiger partial charge in [0, 0.05) is 67.4 Å². The van der Waals surface area contributed by atoms with Crippen molar-refractivity contribution in [3.05, 3.63) is 94.7 Å². The van der Waals surface area contributed by atoms with Gasteiger partial charge in [0.25, 0.3) is 5.91 Å². The van der Waals surface area contributed by atoms with Crippen LogP contribution in [0.4, 0.5) is 10.7 Å². The molecule has 26 heteroatoms. The van der Waals surface area contributed by atoms with Crippen LogP contribution in [0.3, 0.4) is 0 Å². The summed E-state index contributed by atoms with van der Waals surface area (Å²) in [4.78, 5) is 91.9. The number of carboxylic acids is 1. The summed E-state index contributed by atoms with van der Waals surface area (Å²) in [6, 6.07) is 9.79. The second-order valence-corrected chi connectivity index (χ2v) is 21.0. The number of alkyl carbamates (subject to hydrolysis) is 1. The van der Waals surface area contributed by atoms with Crippen molar-refractivity contribution < 1.29 is 52.8 Å². The molecular weight excluding hydrogens is 1070 g/mol. The smallest absolute Gasteiger partial charge is 0.407 e. The molecule has 0 bridgehead atoms. The van der Waals surface area contributed by atoms with Crippen LogP contribution in [0.5, 0.6) is 11.5 Å². The summed E-state index contributed by atoms with van der Waals surface area (Å²) in [7, 11) is 0. The lowest BCUT2D eigenvalue weighted by molar-refractivity contribution is -0.155. The number of carbonyl (C=O) groups excluding carboxylic acids is 5. The van der Waals surface area contributed by atoms with Crippen LogP contribution in [0, 0.1) is 13.8 Å². The average Bonchev–Trinajstić information content (AvgIpc) is 2.22. The van der Waals surface area contributed by atoms with Crippen LogP contribution in [0.25, 0.3) is 44.5 Å². The second-order valence-electron chi connectivity index (χ2n) is 21.0. The Labute approximate surface area is 478 Å². The Balaban J connectivity index is 1.18. The largest absolute Gasteiger partial charge is 0.491 e. The number of nitrogens with two attached hydrogens (primary N) is 2. The van der Waals surface area contributed by atoms with Crippen molar-refractivity contribution in [2.45, 2.75) is 132 Å². The van der Waals surface area contributed by atoms with E-state index >= 15 is 0 Å². The number of allylic oxidation sites excluding steroid dienone is 2. The first-order valence-corrected chi connectivity index (χ1v) is 27.4. The Morgan fingerprint density at radius 2 is 1.49 bits per heavy atom. The van der Waals surface area contributed by atoms with E-state index in [0.29, 0.717) is 82.9 Å². The van der Waals surface area contributed by atoms with Crippen LogP contribution in [0.1, 0.15) is 117 Å². The molecule has 4 amide bonds. The van der Waals surface area contributed by atoms with Crippen molar-refractivity contribution in [2.24, 2.45) is 11.5 Å². The topological polar surface area (TPSA) is 335 Å². The molecule has 8 rings (SSSR count). The third kappa shape index (κ3) is 13.2. The third-order valence-corrected chi connectivity index (χ3v) is 13.6. The Morgan fingerprint density at radius 3 is 2.14 bits per heavy atom. The van der Waals surface area contributed by atoms with E-state index in [0.717, 1.165) is 5.69 Å². The molecule has 1 aliphatic heterocycles. The number of anilines is 1. The van der Waals surface area contributed by atoms with Crippen LogP contribution in [-0.2, 0) is 45.2 Å². The van der Waals surface area contributed by atoms with Gasteiger partial charge < -0.3 is 55.0 Å². The van der Waals surface area contributed by atoms with Crippen molar-refractivity contribution in [3.63, 3.8) is 0 Å². The van der Waals surface area contributed by atoms with Crippen LogP contribution < -0.4 is 37.0 Å². The Kier molecular flexibility index (Phi) is 17.9. The maximum atomic E-state index is 14.2. The second kappa shape index (κ2) is 24.8. The summed E-state index contributed by atoms with van der Waals surface area (Å²) < 4.78 is 30.8. The Hall–Kier alpha value is -9.33. The molecule has 2 aromatic carbocycles. The van der Waals surface area contributed by atoms with Gasteiger partial charge in [0.05, 0.1) is 41.0 Å². The number of amides is 4. The minimum absolute atomic E-state index is 0.0532. The number of nitrogens with one attached hydrogen (secondary N) is 3. The number of nitrogens with zero attached hydrogens (tertiary/aromatic N) is 10. The number of ether oxygens (including phenoxy) is 4. The minimum atomic E-state index is -1.12. The molecule has 2 unspecified atom stereocenters. The lowest BCUT2D eigenvalue weighted by Crippen LogP contribution is -2.54. The van der Waals surface area contributed by atoms with E-state index in [2.05, 4.69) is 26.3 Å². The van der Waals surface area contributed by atoms with Crippen molar-refractivity contribution in [1.82, 2.24) is 59.4 Å². The van der Waals surface area contributed by atoms with Crippen LogP contribution in [-0.4, -0.2) is 133 Å². The maximum Gasteiger partial charge on any atom is 0.407 e. The number of aryl methyl sites for hydroxylation is 4. The molecule has 0 fully saturated rings. The first kappa shape index (κ1) is 59.8. The first-order chi connectivity index (χ1) is 39.5. The maximum absolute atomic E-state index is 14.2.